The van der Waals surface area contributed by atoms with E-state index in [0.29, 0.717) is 0 Å². The van der Waals surface area contributed by atoms with E-state index in [1.165, 1.54) is 7.05 Å². The second-order valence-corrected chi connectivity index (χ2v) is 4.95. The van der Waals surface area contributed by atoms with Crippen molar-refractivity contribution in [1.82, 2.24) is 9.78 Å². The lowest BCUT2D eigenvalue weighted by atomic mass is 10.1. The third-order valence-electron chi connectivity index (χ3n) is 2.86. The third-order valence-corrected chi connectivity index (χ3v) is 3.52. The number of aromatic nitrogens is 2. The molecule has 0 radical (unpaired) electrons. The molecule has 0 saturated carbocycles. The first-order valence-corrected chi connectivity index (χ1v) is 6.48. The molecule has 7 nitrogen and oxygen atoms in total. The molecule has 2 rings (SSSR count). The smallest absolute Gasteiger partial charge is 0.357 e. The number of methoxy groups -OCH3 is 1. The van der Waals surface area contributed by atoms with Crippen molar-refractivity contribution in [3.8, 4) is 11.3 Å². The van der Waals surface area contributed by atoms with Crippen molar-refractivity contribution in [3.63, 3.8) is 0 Å². The number of ether oxygens (including phenoxy) is 1. The van der Waals surface area contributed by atoms with Gasteiger partial charge in [0, 0.05) is 24.7 Å². The maximum absolute atomic E-state index is 14.1. The molecule has 1 aromatic carbocycles. The van der Waals surface area contributed by atoms with Gasteiger partial charge in [0.05, 0.1) is 12.0 Å². The summed E-state index contributed by atoms with van der Waals surface area (Å²) < 4.78 is 19.7. The fourth-order valence-electron chi connectivity index (χ4n) is 1.85. The Morgan fingerprint density at radius 2 is 2.09 bits per heavy atom. The number of benzene rings is 1. The van der Waals surface area contributed by atoms with Gasteiger partial charge < -0.3 is 4.74 Å². The minimum absolute atomic E-state index is 0.101. The van der Waals surface area contributed by atoms with Crippen molar-refractivity contribution >= 4 is 34.9 Å². The highest BCUT2D eigenvalue weighted by atomic mass is 35.5. The molecule has 0 amide bonds. The number of carbonyl (C=O) groups excluding carboxylic acids is 1. The van der Waals surface area contributed by atoms with Gasteiger partial charge in [-0.15, -0.1) is 0 Å². The lowest BCUT2D eigenvalue weighted by molar-refractivity contribution is -0.384. The average molecular weight is 348 g/mol. The minimum atomic E-state index is -0.855. The normalized spacial score (nSPS) is 10.6. The van der Waals surface area contributed by atoms with Gasteiger partial charge in [0.25, 0.3) is 5.69 Å². The van der Waals surface area contributed by atoms with E-state index in [9.17, 15) is 19.3 Å². The Balaban J connectivity index is 2.70. The van der Waals surface area contributed by atoms with Crippen molar-refractivity contribution < 1.29 is 18.8 Å². The first-order valence-electron chi connectivity index (χ1n) is 5.72. The minimum Gasteiger partial charge on any atom is -0.464 e. The largest absolute Gasteiger partial charge is 0.464 e. The molecule has 0 aliphatic carbocycles. The van der Waals surface area contributed by atoms with E-state index in [4.69, 9.17) is 23.2 Å². The molecule has 1 aromatic heterocycles. The molecule has 0 aliphatic rings. The van der Waals surface area contributed by atoms with Crippen LogP contribution in [0.1, 0.15) is 10.5 Å². The van der Waals surface area contributed by atoms with Crippen molar-refractivity contribution in [2.75, 3.05) is 7.11 Å². The number of esters is 1. The van der Waals surface area contributed by atoms with Gasteiger partial charge >= 0.3 is 5.97 Å². The van der Waals surface area contributed by atoms with Crippen molar-refractivity contribution in [1.29, 1.82) is 0 Å². The van der Waals surface area contributed by atoms with Crippen molar-refractivity contribution in [2.45, 2.75) is 0 Å². The van der Waals surface area contributed by atoms with E-state index in [1.807, 2.05) is 0 Å². The van der Waals surface area contributed by atoms with E-state index in [1.54, 1.807) is 0 Å². The number of hydrogen-bond donors (Lipinski definition) is 0. The van der Waals surface area contributed by atoms with E-state index in [2.05, 4.69) is 9.84 Å². The summed E-state index contributed by atoms with van der Waals surface area (Å²) in [6, 6.07) is 1.70. The fourth-order valence-corrected chi connectivity index (χ4v) is 2.41. The predicted octanol–water partition coefficient (Wildman–Crippen LogP) is 3.23. The van der Waals surface area contributed by atoms with Crippen LogP contribution >= 0.6 is 23.2 Å². The molecule has 0 unspecified atom stereocenters. The average Bonchev–Trinajstić information content (AvgIpc) is 2.73. The van der Waals surface area contributed by atoms with E-state index < -0.39 is 22.4 Å². The molecule has 2 aromatic rings. The van der Waals surface area contributed by atoms with Crippen molar-refractivity contribution in [3.05, 3.63) is 43.8 Å². The standard InChI is InChI=1S/C12H8Cl2FN3O4/c1-17-11(12(19)22-2)9(14)10(16-17)5-3-8(18(20)21)6(13)4-7(5)15/h3-4H,1-2H3. The number of hydrogen-bond acceptors (Lipinski definition) is 5. The highest BCUT2D eigenvalue weighted by Crippen LogP contribution is 2.36. The highest BCUT2D eigenvalue weighted by Gasteiger charge is 2.26. The maximum Gasteiger partial charge on any atom is 0.357 e. The van der Waals surface area contributed by atoms with Gasteiger partial charge in [-0.05, 0) is 0 Å². The molecule has 0 saturated heterocycles. The number of halogens is 3. The zero-order chi connectivity index (χ0) is 16.6. The van der Waals surface area contributed by atoms with Crippen LogP contribution in [0.15, 0.2) is 12.1 Å². The Bertz CT molecular complexity index is 791. The quantitative estimate of drug-likeness (QED) is 0.483. The summed E-state index contributed by atoms with van der Waals surface area (Å²) in [5.74, 6) is -1.62. The monoisotopic (exact) mass is 347 g/mol. The second-order valence-electron chi connectivity index (χ2n) is 4.17. The maximum atomic E-state index is 14.1. The Hall–Kier alpha value is -2.19. The van der Waals surface area contributed by atoms with E-state index >= 15 is 0 Å². The molecular weight excluding hydrogens is 340 g/mol. The molecule has 0 aliphatic heterocycles. The fraction of sp³-hybridized carbons (Fsp3) is 0.167. The summed E-state index contributed by atoms with van der Waals surface area (Å²) in [5.41, 5.74) is -0.968. The number of nitro benzene ring substituents is 1. The number of carbonyl (C=O) groups is 1. The molecule has 10 heteroatoms. The van der Waals surface area contributed by atoms with Crippen molar-refractivity contribution in [2.24, 2.45) is 7.05 Å². The van der Waals surface area contributed by atoms with Gasteiger partial charge in [-0.25, -0.2) is 9.18 Å². The predicted molar refractivity (Wildman–Crippen MR) is 76.6 cm³/mol. The Morgan fingerprint density at radius 3 is 2.64 bits per heavy atom. The summed E-state index contributed by atoms with van der Waals surface area (Å²) >= 11 is 11.6. The zero-order valence-corrected chi connectivity index (χ0v) is 12.8. The van der Waals surface area contributed by atoms with Crippen LogP contribution in [-0.4, -0.2) is 27.8 Å². The molecule has 0 fully saturated rings. The molecular formula is C12H8Cl2FN3O4. The topological polar surface area (TPSA) is 87.3 Å². The third kappa shape index (κ3) is 2.62. The summed E-state index contributed by atoms with van der Waals surface area (Å²) in [6.45, 7) is 0. The Morgan fingerprint density at radius 1 is 1.45 bits per heavy atom. The molecule has 0 N–H and O–H groups in total. The van der Waals surface area contributed by atoms with E-state index in [-0.39, 0.29) is 27.0 Å². The van der Waals surface area contributed by atoms with Gasteiger partial charge in [-0.1, -0.05) is 23.2 Å². The first-order chi connectivity index (χ1) is 10.3. The van der Waals surface area contributed by atoms with Gasteiger partial charge in [0.2, 0.25) is 0 Å². The second kappa shape index (κ2) is 5.90. The van der Waals surface area contributed by atoms with Crippen LogP contribution in [0.5, 0.6) is 0 Å². The SMILES string of the molecule is COC(=O)c1c(Cl)c(-c2cc([N+](=O)[O-])c(Cl)cc2F)nn1C. The van der Waals surface area contributed by atoms with Crippen LogP contribution in [0.2, 0.25) is 10.0 Å². The van der Waals surface area contributed by atoms with E-state index in [0.717, 1.165) is 23.9 Å². The van der Waals surface area contributed by atoms with Crippen LogP contribution in [-0.2, 0) is 11.8 Å². The molecule has 22 heavy (non-hydrogen) atoms. The van der Waals surface area contributed by atoms with Gasteiger partial charge in [0.1, 0.15) is 21.6 Å². The lowest BCUT2D eigenvalue weighted by Crippen LogP contribution is -2.08. The van der Waals surface area contributed by atoms with Crippen LogP contribution in [0, 0.1) is 15.9 Å². The number of nitrogens with zero attached hydrogens (tertiary/aromatic N) is 3. The molecule has 116 valence electrons. The van der Waals surface area contributed by atoms with Gasteiger partial charge in [-0.3, -0.25) is 14.8 Å². The zero-order valence-electron chi connectivity index (χ0n) is 11.3. The molecule has 0 spiro atoms. The lowest BCUT2D eigenvalue weighted by Gasteiger charge is -2.02. The van der Waals surface area contributed by atoms with Crippen LogP contribution < -0.4 is 0 Å². The van der Waals surface area contributed by atoms with Crippen LogP contribution in [0.3, 0.4) is 0 Å². The Kier molecular flexibility index (Phi) is 4.34. The number of aryl methyl sites for hydroxylation is 1. The highest BCUT2D eigenvalue weighted by molar-refractivity contribution is 6.36. The molecule has 0 bridgehead atoms. The molecule has 1 heterocycles. The van der Waals surface area contributed by atoms with Crippen LogP contribution in [0.25, 0.3) is 11.3 Å². The number of nitro groups is 1. The first kappa shape index (κ1) is 16.2. The summed E-state index contributed by atoms with van der Waals surface area (Å²) in [4.78, 5) is 21.8. The number of rotatable bonds is 3. The molecule has 0 atom stereocenters. The summed E-state index contributed by atoms with van der Waals surface area (Å²) in [6.07, 6.45) is 0. The Labute approximate surface area is 133 Å². The van der Waals surface area contributed by atoms with Gasteiger partial charge in [0.15, 0.2) is 5.69 Å². The van der Waals surface area contributed by atoms with Crippen LogP contribution in [0.4, 0.5) is 10.1 Å². The summed E-state index contributed by atoms with van der Waals surface area (Å²) in [5, 5.41) is 14.3. The van der Waals surface area contributed by atoms with Gasteiger partial charge in [-0.2, -0.15) is 5.10 Å². The summed E-state index contributed by atoms with van der Waals surface area (Å²) in [7, 11) is 2.56.